The Morgan fingerprint density at radius 1 is 1.29 bits per heavy atom. The Balaban J connectivity index is 1.51. The molecule has 1 atom stereocenters. The maximum Gasteiger partial charge on any atom is 0.252 e. The van der Waals surface area contributed by atoms with Gasteiger partial charge in [0.2, 0.25) is 11.9 Å². The third-order valence-corrected chi connectivity index (χ3v) is 4.53. The Morgan fingerprint density at radius 3 is 2.79 bits per heavy atom. The molecule has 1 aliphatic rings. The summed E-state index contributed by atoms with van der Waals surface area (Å²) < 4.78 is 6.59. The number of aromatic nitrogens is 3. The maximum atomic E-state index is 12.4. The number of hydrogen-bond acceptors (Lipinski definition) is 5. The van der Waals surface area contributed by atoms with Crippen molar-refractivity contribution in [2.24, 2.45) is 0 Å². The van der Waals surface area contributed by atoms with Crippen molar-refractivity contribution in [3.63, 3.8) is 0 Å². The largest absolute Gasteiger partial charge is 0.497 e. The summed E-state index contributed by atoms with van der Waals surface area (Å²) >= 11 is 5.92. The van der Waals surface area contributed by atoms with Gasteiger partial charge in [-0.15, -0.1) is 5.10 Å². The molecule has 2 aromatic carbocycles. The second kappa shape index (κ2) is 7.32. The van der Waals surface area contributed by atoms with Crippen molar-refractivity contribution in [3.8, 4) is 17.1 Å². The summed E-state index contributed by atoms with van der Waals surface area (Å²) in [5.41, 5.74) is 1.34. The second-order valence-corrected chi connectivity index (χ2v) is 6.64. The van der Waals surface area contributed by atoms with E-state index in [0.29, 0.717) is 22.5 Å². The molecule has 0 bridgehead atoms. The summed E-state index contributed by atoms with van der Waals surface area (Å²) in [7, 11) is 1.59. The van der Waals surface area contributed by atoms with E-state index in [9.17, 15) is 9.59 Å². The van der Waals surface area contributed by atoms with Gasteiger partial charge in [0, 0.05) is 16.3 Å². The van der Waals surface area contributed by atoms with Gasteiger partial charge in [0.1, 0.15) is 11.8 Å². The van der Waals surface area contributed by atoms with Gasteiger partial charge in [-0.3, -0.25) is 14.9 Å². The molecule has 1 aromatic heterocycles. The molecular formula is C19H16ClN5O3. The molecule has 0 fully saturated rings. The number of rotatable bonds is 5. The van der Waals surface area contributed by atoms with Crippen LogP contribution in [0.1, 0.15) is 12.5 Å². The minimum atomic E-state index is -0.770. The summed E-state index contributed by atoms with van der Waals surface area (Å²) in [4.78, 5) is 29.0. The highest BCUT2D eigenvalue weighted by molar-refractivity contribution is 6.30. The number of ether oxygens (including phenoxy) is 1. The number of carbonyl (C=O) groups is 2. The van der Waals surface area contributed by atoms with Gasteiger partial charge in [-0.05, 0) is 42.5 Å². The minimum Gasteiger partial charge on any atom is -0.497 e. The van der Waals surface area contributed by atoms with Crippen molar-refractivity contribution >= 4 is 35.1 Å². The normalized spacial score (nSPS) is 15.1. The Kier molecular flexibility index (Phi) is 4.70. The van der Waals surface area contributed by atoms with Crippen LogP contribution in [0.3, 0.4) is 0 Å². The van der Waals surface area contributed by atoms with Gasteiger partial charge in [-0.2, -0.15) is 4.98 Å². The first kappa shape index (κ1) is 18.0. The molecule has 9 heteroatoms. The van der Waals surface area contributed by atoms with Gasteiger partial charge >= 0.3 is 0 Å². The Hall–Kier alpha value is -3.39. The molecule has 0 saturated carbocycles. The van der Waals surface area contributed by atoms with Gasteiger partial charge in [-0.1, -0.05) is 17.7 Å². The van der Waals surface area contributed by atoms with Crippen molar-refractivity contribution in [1.29, 1.82) is 0 Å². The molecule has 0 aliphatic carbocycles. The lowest BCUT2D eigenvalue weighted by molar-refractivity contribution is -0.123. The van der Waals surface area contributed by atoms with Gasteiger partial charge < -0.3 is 10.1 Å². The average molecular weight is 398 g/mol. The van der Waals surface area contributed by atoms with Crippen molar-refractivity contribution < 1.29 is 14.3 Å². The Labute approximate surface area is 165 Å². The van der Waals surface area contributed by atoms with E-state index in [1.807, 2.05) is 12.1 Å². The molecular weight excluding hydrogens is 382 g/mol. The van der Waals surface area contributed by atoms with Crippen molar-refractivity contribution in [2.75, 3.05) is 17.7 Å². The number of fused-ring (bicyclic) bond motifs is 1. The third-order valence-electron chi connectivity index (χ3n) is 4.30. The molecule has 4 rings (SSSR count). The molecule has 3 aromatic rings. The van der Waals surface area contributed by atoms with Crippen LogP contribution in [0.25, 0.3) is 11.4 Å². The Morgan fingerprint density at radius 2 is 2.07 bits per heavy atom. The number of hydrogen-bond donors (Lipinski definition) is 2. The highest BCUT2D eigenvalue weighted by atomic mass is 35.5. The summed E-state index contributed by atoms with van der Waals surface area (Å²) in [5.74, 6) is 0.850. The highest BCUT2D eigenvalue weighted by Gasteiger charge is 2.35. The van der Waals surface area contributed by atoms with Crippen molar-refractivity contribution in [2.45, 2.75) is 12.5 Å². The first-order valence-electron chi connectivity index (χ1n) is 8.51. The summed E-state index contributed by atoms with van der Waals surface area (Å²) in [6, 6.07) is 13.3. The number of nitrogens with zero attached hydrogens (tertiary/aromatic N) is 3. The zero-order valence-corrected chi connectivity index (χ0v) is 15.6. The number of amides is 2. The lowest BCUT2D eigenvalue weighted by atomic mass is 10.2. The van der Waals surface area contributed by atoms with Gasteiger partial charge in [0.15, 0.2) is 5.82 Å². The van der Waals surface area contributed by atoms with Crippen LogP contribution in [0.2, 0.25) is 5.02 Å². The lowest BCUT2D eigenvalue weighted by Gasteiger charge is -2.10. The van der Waals surface area contributed by atoms with Crippen molar-refractivity contribution in [3.05, 3.63) is 53.6 Å². The van der Waals surface area contributed by atoms with Crippen molar-refractivity contribution in [1.82, 2.24) is 14.8 Å². The first-order chi connectivity index (χ1) is 13.5. The van der Waals surface area contributed by atoms with E-state index < -0.39 is 6.04 Å². The third kappa shape index (κ3) is 3.54. The van der Waals surface area contributed by atoms with E-state index in [0.717, 1.165) is 11.3 Å². The molecule has 0 saturated heterocycles. The van der Waals surface area contributed by atoms with E-state index >= 15 is 0 Å². The fourth-order valence-electron chi connectivity index (χ4n) is 2.93. The zero-order chi connectivity index (χ0) is 19.7. The fourth-order valence-corrected chi connectivity index (χ4v) is 3.12. The fraction of sp³-hybridized carbons (Fsp3) is 0.158. The van der Waals surface area contributed by atoms with E-state index in [1.165, 1.54) is 4.68 Å². The van der Waals surface area contributed by atoms with E-state index in [1.54, 1.807) is 43.5 Å². The summed E-state index contributed by atoms with van der Waals surface area (Å²) in [6.45, 7) is 0. The molecule has 1 unspecified atom stereocenters. The lowest BCUT2D eigenvalue weighted by Crippen LogP contribution is -2.23. The van der Waals surface area contributed by atoms with Crippen LogP contribution in [0.4, 0.5) is 11.6 Å². The van der Waals surface area contributed by atoms with E-state index in [2.05, 4.69) is 20.7 Å². The van der Waals surface area contributed by atoms with Crippen LogP contribution in [0.15, 0.2) is 48.5 Å². The van der Waals surface area contributed by atoms with Crippen LogP contribution < -0.4 is 15.4 Å². The molecule has 2 N–H and O–H groups in total. The number of methoxy groups -OCH3 is 1. The number of anilines is 2. The topological polar surface area (TPSA) is 98.1 Å². The van der Waals surface area contributed by atoms with Crippen LogP contribution in [0, 0.1) is 0 Å². The molecule has 2 heterocycles. The quantitative estimate of drug-likeness (QED) is 0.689. The highest BCUT2D eigenvalue weighted by Crippen LogP contribution is 2.29. The van der Waals surface area contributed by atoms with Crippen LogP contribution in [-0.2, 0) is 9.59 Å². The predicted molar refractivity (Wildman–Crippen MR) is 104 cm³/mol. The SMILES string of the molecule is COc1ccc(-c2nc3n(n2)C(CC(=O)Nc2cccc(Cl)c2)C(=O)N3)cc1. The summed E-state index contributed by atoms with van der Waals surface area (Å²) in [5, 5.41) is 10.3. The minimum absolute atomic E-state index is 0.0727. The molecule has 142 valence electrons. The smallest absolute Gasteiger partial charge is 0.252 e. The summed E-state index contributed by atoms with van der Waals surface area (Å²) in [6.07, 6.45) is -0.0727. The molecule has 2 amide bonds. The van der Waals surface area contributed by atoms with Gasteiger partial charge in [-0.25, -0.2) is 4.68 Å². The Bertz CT molecular complexity index is 1050. The second-order valence-electron chi connectivity index (χ2n) is 6.20. The number of benzene rings is 2. The average Bonchev–Trinajstić information content (AvgIpc) is 3.20. The number of carbonyl (C=O) groups excluding carboxylic acids is 2. The number of halogens is 1. The van der Waals surface area contributed by atoms with E-state index in [4.69, 9.17) is 16.3 Å². The predicted octanol–water partition coefficient (Wildman–Crippen LogP) is 3.13. The maximum absolute atomic E-state index is 12.4. The number of nitrogens with one attached hydrogen (secondary N) is 2. The zero-order valence-electron chi connectivity index (χ0n) is 14.8. The first-order valence-corrected chi connectivity index (χ1v) is 8.88. The molecule has 0 radical (unpaired) electrons. The van der Waals surface area contributed by atoms with E-state index in [-0.39, 0.29) is 18.2 Å². The monoisotopic (exact) mass is 397 g/mol. The van der Waals surface area contributed by atoms with Gasteiger partial charge in [0.25, 0.3) is 5.91 Å². The molecule has 28 heavy (non-hydrogen) atoms. The standard InChI is InChI=1S/C19H16ClN5O3/c1-28-14-7-5-11(6-8-14)17-22-19-23-18(27)15(25(19)24-17)10-16(26)21-13-4-2-3-12(20)9-13/h2-9,15H,10H2,1H3,(H,21,26)(H,22,23,24,27). The molecule has 8 nitrogen and oxygen atoms in total. The van der Waals surface area contributed by atoms with Crippen LogP contribution >= 0.6 is 11.6 Å². The van der Waals surface area contributed by atoms with Crippen LogP contribution in [0.5, 0.6) is 5.75 Å². The van der Waals surface area contributed by atoms with Gasteiger partial charge in [0.05, 0.1) is 13.5 Å². The molecule has 1 aliphatic heterocycles. The molecule has 0 spiro atoms. The van der Waals surface area contributed by atoms with Crippen LogP contribution in [-0.4, -0.2) is 33.7 Å².